The topological polar surface area (TPSA) is 0 Å². The van der Waals surface area contributed by atoms with E-state index in [-0.39, 0.29) is 29.6 Å². The Kier molecular flexibility index (Phi) is 9.00. The average molecular weight is 216 g/mol. The minimum atomic E-state index is 0. The van der Waals surface area contributed by atoms with Gasteiger partial charge < -0.3 is 12.6 Å². The van der Waals surface area contributed by atoms with E-state index in [4.69, 9.17) is 12.6 Å². The Hall–Kier alpha value is 0.440. The van der Waals surface area contributed by atoms with Crippen LogP contribution in [0.25, 0.3) is 0 Å². The van der Waals surface area contributed by atoms with Crippen LogP contribution in [0, 0.1) is 0 Å². The molecule has 0 saturated heterocycles. The van der Waals surface area contributed by atoms with Crippen molar-refractivity contribution in [2.45, 2.75) is 43.9 Å². The number of hydrogen-bond acceptors (Lipinski definition) is 1. The molecule has 0 N–H and O–H groups in total. The fraction of sp³-hybridized carbons (Fsp3) is 0.500. The Morgan fingerprint density at radius 1 is 1.00 bits per heavy atom. The van der Waals surface area contributed by atoms with E-state index >= 15 is 0 Å². The Labute approximate surface area is 115 Å². The van der Waals surface area contributed by atoms with E-state index in [9.17, 15) is 0 Å². The molecule has 0 aromatic heterocycles. The Balaban J connectivity index is 0.00000169. The van der Waals surface area contributed by atoms with Crippen LogP contribution in [-0.4, -0.2) is 0 Å². The molecule has 0 fully saturated rings. The van der Waals surface area contributed by atoms with Gasteiger partial charge in [-0.2, -0.15) is 4.90 Å². The first kappa shape index (κ1) is 14.4. The summed E-state index contributed by atoms with van der Waals surface area (Å²) in [5.41, 5.74) is 1.42. The van der Waals surface area contributed by atoms with Crippen LogP contribution in [0.2, 0.25) is 0 Å². The zero-order valence-corrected chi connectivity index (χ0v) is 12.1. The van der Waals surface area contributed by atoms with Crippen LogP contribution >= 0.6 is 0 Å². The molecule has 1 rings (SSSR count). The summed E-state index contributed by atoms with van der Waals surface area (Å²) in [6.07, 6.45) is 6.54. The summed E-state index contributed by atoms with van der Waals surface area (Å²) in [5.74, 6) is 0. The van der Waals surface area contributed by atoms with Gasteiger partial charge in [0.05, 0.1) is 0 Å². The van der Waals surface area contributed by atoms with Crippen molar-refractivity contribution < 1.29 is 29.6 Å². The van der Waals surface area contributed by atoms with Gasteiger partial charge in [-0.25, -0.2) is 0 Å². The molecule has 2 heteroatoms. The van der Waals surface area contributed by atoms with Gasteiger partial charge in [-0.3, -0.25) is 0 Å². The standard InChI is InChI=1S/C12H18S.Na/c1-2-3-4-5-6-11-7-9-12(13)10-8-11;/h7-10,13H,2-6H2,1H3;/q;+1/p-1. The summed E-state index contributed by atoms with van der Waals surface area (Å²) in [6.45, 7) is 2.24. The zero-order chi connectivity index (χ0) is 9.52. The second kappa shape index (κ2) is 8.72. The normalized spacial score (nSPS) is 9.50. The molecule has 0 aliphatic heterocycles. The summed E-state index contributed by atoms with van der Waals surface area (Å²) < 4.78 is 0. The summed E-state index contributed by atoms with van der Waals surface area (Å²) in [6, 6.07) is 8.33. The number of rotatable bonds is 5. The maximum Gasteiger partial charge on any atom is 1.00 e. The number of unbranched alkanes of at least 4 members (excludes halogenated alkanes) is 3. The van der Waals surface area contributed by atoms with Gasteiger partial charge in [0.25, 0.3) is 0 Å². The molecule has 0 radical (unpaired) electrons. The maximum absolute atomic E-state index is 5.03. The van der Waals surface area contributed by atoms with Crippen molar-refractivity contribution in [2.75, 3.05) is 0 Å². The molecule has 0 atom stereocenters. The predicted molar refractivity (Wildman–Crippen MR) is 59.9 cm³/mol. The van der Waals surface area contributed by atoms with E-state index in [0.717, 1.165) is 4.90 Å². The van der Waals surface area contributed by atoms with Crippen molar-refractivity contribution >= 4 is 12.6 Å². The maximum atomic E-state index is 5.03. The van der Waals surface area contributed by atoms with Crippen LogP contribution in [0.3, 0.4) is 0 Å². The van der Waals surface area contributed by atoms with E-state index in [1.165, 1.54) is 37.7 Å². The van der Waals surface area contributed by atoms with Crippen molar-refractivity contribution in [3.8, 4) is 0 Å². The van der Waals surface area contributed by atoms with E-state index in [0.29, 0.717) is 0 Å². The van der Waals surface area contributed by atoms with Gasteiger partial charge >= 0.3 is 29.6 Å². The minimum absolute atomic E-state index is 0. The monoisotopic (exact) mass is 216 g/mol. The fourth-order valence-electron chi connectivity index (χ4n) is 1.41. The minimum Gasteiger partial charge on any atom is -0.780 e. The molecule has 0 aliphatic carbocycles. The molecule has 0 saturated carbocycles. The van der Waals surface area contributed by atoms with Crippen LogP contribution in [0.4, 0.5) is 0 Å². The summed E-state index contributed by atoms with van der Waals surface area (Å²) >= 11 is 5.03. The third kappa shape index (κ3) is 6.02. The molecule has 0 spiro atoms. The summed E-state index contributed by atoms with van der Waals surface area (Å²) in [4.78, 5) is 0.942. The van der Waals surface area contributed by atoms with Gasteiger partial charge in [0.2, 0.25) is 0 Å². The molecule has 0 unspecified atom stereocenters. The third-order valence-corrected chi connectivity index (χ3v) is 2.51. The van der Waals surface area contributed by atoms with Crippen molar-refractivity contribution in [3.63, 3.8) is 0 Å². The van der Waals surface area contributed by atoms with Crippen LogP contribution in [0.15, 0.2) is 29.2 Å². The predicted octanol–water partition coefficient (Wildman–Crippen LogP) is 0.719. The fourth-order valence-corrected chi connectivity index (χ4v) is 1.55. The molecular formula is C12H17NaS. The van der Waals surface area contributed by atoms with E-state index in [1.54, 1.807) is 0 Å². The first-order chi connectivity index (χ1) is 6.33. The summed E-state index contributed by atoms with van der Waals surface area (Å²) in [5, 5.41) is 0. The quantitative estimate of drug-likeness (QED) is 0.397. The number of aryl methyl sites for hydroxylation is 1. The zero-order valence-electron chi connectivity index (χ0n) is 9.25. The van der Waals surface area contributed by atoms with Gasteiger partial charge in [-0.15, -0.1) is 0 Å². The first-order valence-corrected chi connectivity index (χ1v) is 5.49. The Morgan fingerprint density at radius 2 is 1.64 bits per heavy atom. The smallest absolute Gasteiger partial charge is 0.780 e. The van der Waals surface area contributed by atoms with Gasteiger partial charge in [0, 0.05) is 0 Å². The second-order valence-electron chi connectivity index (χ2n) is 3.45. The number of hydrogen-bond donors (Lipinski definition) is 0. The van der Waals surface area contributed by atoms with Crippen molar-refractivity contribution in [1.29, 1.82) is 0 Å². The van der Waals surface area contributed by atoms with Gasteiger partial charge in [-0.1, -0.05) is 50.5 Å². The van der Waals surface area contributed by atoms with Crippen molar-refractivity contribution in [1.82, 2.24) is 0 Å². The molecule has 0 heterocycles. The van der Waals surface area contributed by atoms with Gasteiger partial charge in [0.1, 0.15) is 0 Å². The van der Waals surface area contributed by atoms with Gasteiger partial charge in [-0.05, 0) is 18.4 Å². The Morgan fingerprint density at radius 3 is 2.21 bits per heavy atom. The van der Waals surface area contributed by atoms with Crippen LogP contribution < -0.4 is 29.6 Å². The second-order valence-corrected chi connectivity index (χ2v) is 3.93. The van der Waals surface area contributed by atoms with Crippen LogP contribution in [0.1, 0.15) is 38.2 Å². The SMILES string of the molecule is CCCCCCc1ccc([S-])cc1.[Na+]. The molecule has 1 aromatic carbocycles. The largest absolute Gasteiger partial charge is 1.00 e. The molecular weight excluding hydrogens is 199 g/mol. The first-order valence-electron chi connectivity index (χ1n) is 5.09. The number of benzene rings is 1. The van der Waals surface area contributed by atoms with Crippen LogP contribution in [-0.2, 0) is 19.0 Å². The average Bonchev–Trinajstić information content (AvgIpc) is 2.15. The molecule has 0 nitrogen and oxygen atoms in total. The molecule has 72 valence electrons. The van der Waals surface area contributed by atoms with Gasteiger partial charge in [0.15, 0.2) is 0 Å². The Bertz CT molecular complexity index is 231. The third-order valence-electron chi connectivity index (χ3n) is 2.24. The molecule has 14 heavy (non-hydrogen) atoms. The molecule has 1 aromatic rings. The van der Waals surface area contributed by atoms with E-state index < -0.39 is 0 Å². The summed E-state index contributed by atoms with van der Waals surface area (Å²) in [7, 11) is 0. The van der Waals surface area contributed by atoms with E-state index in [1.807, 2.05) is 12.1 Å². The van der Waals surface area contributed by atoms with Crippen LogP contribution in [0.5, 0.6) is 0 Å². The van der Waals surface area contributed by atoms with E-state index in [2.05, 4.69) is 19.1 Å². The molecule has 0 aliphatic rings. The molecule has 0 amide bonds. The molecule has 0 bridgehead atoms. The van der Waals surface area contributed by atoms with Crippen molar-refractivity contribution in [2.24, 2.45) is 0 Å². The van der Waals surface area contributed by atoms with Crippen molar-refractivity contribution in [3.05, 3.63) is 29.8 Å².